The van der Waals surface area contributed by atoms with E-state index in [1.807, 2.05) is 129 Å². The number of fused-ring (bicyclic) bond motifs is 1. The molecule has 66 heavy (non-hydrogen) atoms. The van der Waals surface area contributed by atoms with E-state index in [1.165, 1.54) is 18.4 Å². The van der Waals surface area contributed by atoms with Crippen LogP contribution in [-0.4, -0.2) is 75.2 Å². The molecule has 0 bridgehead atoms. The molecular weight excluding hydrogens is 887 g/mol. The van der Waals surface area contributed by atoms with Crippen LogP contribution in [0.2, 0.25) is 0 Å². The van der Waals surface area contributed by atoms with Gasteiger partial charge in [-0.1, -0.05) is 157 Å². The minimum absolute atomic E-state index is 0.0678. The number of oxime groups is 1. The number of carbonyl (C=O) groups excluding carboxylic acids is 2. The number of hydrogen-bond acceptors (Lipinski definition) is 12. The summed E-state index contributed by atoms with van der Waals surface area (Å²) in [6, 6.07) is 49.4. The van der Waals surface area contributed by atoms with Gasteiger partial charge in [-0.2, -0.15) is 0 Å². The normalized spacial score (nSPS) is 19.4. The second-order valence-corrected chi connectivity index (χ2v) is 18.9. The van der Waals surface area contributed by atoms with Crippen LogP contribution in [0.4, 0.5) is 5.13 Å². The molecular formula is C52H49N5O6S3. The zero-order valence-electron chi connectivity index (χ0n) is 36.7. The van der Waals surface area contributed by atoms with Crippen LogP contribution in [0.25, 0.3) is 0 Å². The first-order valence-corrected chi connectivity index (χ1v) is 24.1. The van der Waals surface area contributed by atoms with Gasteiger partial charge in [0.2, 0.25) is 5.05 Å². The van der Waals surface area contributed by atoms with Crippen molar-refractivity contribution in [2.24, 2.45) is 5.16 Å². The standard InChI is InChI=1S/C52H49N5O6S3/c1-51(2)61-30-29-40(63-51)31-36-32-65-48-43(47(59)57(48)44(36)49(64)62-45(34-19-9-4-10-20-34)35-21-11-5-12-22-35)54-46(58)42(56-60-3)41-33-66-50(53-41)55-52(37-23-13-6-14-24-37,38-25-15-7-16-26-38)39-27-17-8-18-28-39/h4-28,33,40,43,45,48H,29-32H2,1-3H3,(H,53,55)(H,54,58)/b56-42-/t40?,43?,48-/m1/s1. The van der Waals surface area contributed by atoms with Crippen molar-refractivity contribution in [1.29, 1.82) is 0 Å². The monoisotopic (exact) mass is 935 g/mol. The second kappa shape index (κ2) is 19.7. The first kappa shape index (κ1) is 45.0. The number of thiocarbonyl (C=S) groups is 1. The first-order chi connectivity index (χ1) is 32.1. The molecule has 6 aromatic rings. The van der Waals surface area contributed by atoms with Gasteiger partial charge < -0.3 is 29.7 Å². The molecule has 3 aliphatic rings. The summed E-state index contributed by atoms with van der Waals surface area (Å²) in [5.74, 6) is -1.13. The molecule has 2 saturated heterocycles. The van der Waals surface area contributed by atoms with Crippen molar-refractivity contribution in [3.63, 3.8) is 0 Å². The number of anilines is 1. The Bertz CT molecular complexity index is 2580. The highest BCUT2D eigenvalue weighted by atomic mass is 32.2. The van der Waals surface area contributed by atoms with Gasteiger partial charge in [0.25, 0.3) is 11.8 Å². The van der Waals surface area contributed by atoms with Crippen molar-refractivity contribution in [3.8, 4) is 0 Å². The summed E-state index contributed by atoms with van der Waals surface area (Å²) in [5, 5.41) is 12.9. The lowest BCUT2D eigenvalue weighted by molar-refractivity contribution is -0.272. The van der Waals surface area contributed by atoms with Crippen LogP contribution < -0.4 is 10.6 Å². The number of thiazole rings is 1. The van der Waals surface area contributed by atoms with Gasteiger partial charge in [0, 0.05) is 11.1 Å². The number of rotatable bonds is 15. The van der Waals surface area contributed by atoms with Crippen molar-refractivity contribution in [3.05, 3.63) is 202 Å². The van der Waals surface area contributed by atoms with E-state index in [4.69, 9.17) is 36.3 Å². The van der Waals surface area contributed by atoms with Crippen LogP contribution in [0.5, 0.6) is 0 Å². The van der Waals surface area contributed by atoms with Gasteiger partial charge in [-0.3, -0.25) is 14.5 Å². The Balaban J connectivity index is 0.986. The predicted molar refractivity (Wildman–Crippen MR) is 263 cm³/mol. The maximum absolute atomic E-state index is 14.5. The van der Waals surface area contributed by atoms with E-state index in [0.717, 1.165) is 33.4 Å². The molecule has 336 valence electrons. The van der Waals surface area contributed by atoms with E-state index in [1.54, 1.807) is 22.0 Å². The van der Waals surface area contributed by atoms with E-state index in [9.17, 15) is 9.59 Å². The maximum atomic E-state index is 14.5. The van der Waals surface area contributed by atoms with Gasteiger partial charge >= 0.3 is 0 Å². The Morgan fingerprint density at radius 2 is 1.42 bits per heavy atom. The number of aromatic nitrogens is 1. The smallest absolute Gasteiger partial charge is 0.276 e. The summed E-state index contributed by atoms with van der Waals surface area (Å²) in [6.07, 6.45) is 0.522. The number of amides is 2. The average Bonchev–Trinajstić information content (AvgIpc) is 3.82. The number of benzene rings is 5. The van der Waals surface area contributed by atoms with Crippen molar-refractivity contribution in [2.45, 2.75) is 61.6 Å². The van der Waals surface area contributed by atoms with Gasteiger partial charge in [-0.15, -0.1) is 23.1 Å². The molecule has 2 N–H and O–H groups in total. The molecule has 3 atom stereocenters. The van der Waals surface area contributed by atoms with Crippen LogP contribution in [0.15, 0.2) is 173 Å². The van der Waals surface area contributed by atoms with Gasteiger partial charge in [-0.25, -0.2) is 4.98 Å². The lowest BCUT2D eigenvalue weighted by atomic mass is 9.77. The lowest BCUT2D eigenvalue weighted by Crippen LogP contribution is -2.71. The van der Waals surface area contributed by atoms with Gasteiger partial charge in [0.1, 0.15) is 35.9 Å². The van der Waals surface area contributed by atoms with Crippen LogP contribution in [-0.2, 0) is 34.2 Å². The minimum atomic E-state index is -0.890. The summed E-state index contributed by atoms with van der Waals surface area (Å²) in [5.41, 5.74) is 5.68. The number of ether oxygens (including phenoxy) is 3. The van der Waals surface area contributed by atoms with Crippen LogP contribution in [0.1, 0.15) is 66.3 Å². The molecule has 2 fully saturated rings. The molecule has 14 heteroatoms. The van der Waals surface area contributed by atoms with Crippen LogP contribution >= 0.6 is 35.3 Å². The van der Waals surface area contributed by atoms with E-state index in [0.29, 0.717) is 36.0 Å². The fourth-order valence-corrected chi connectivity index (χ4v) is 11.3. The van der Waals surface area contributed by atoms with Crippen molar-refractivity contribution >= 4 is 63.0 Å². The molecule has 0 aliphatic carbocycles. The highest BCUT2D eigenvalue weighted by molar-refractivity contribution is 8.00. The van der Waals surface area contributed by atoms with E-state index in [-0.39, 0.29) is 28.5 Å². The minimum Gasteiger partial charge on any atom is -0.469 e. The fourth-order valence-electron chi connectivity index (χ4n) is 8.81. The molecule has 4 heterocycles. The average molecular weight is 936 g/mol. The fraction of sp³-hybridized carbons (Fsp3) is 0.250. The van der Waals surface area contributed by atoms with Crippen molar-refractivity contribution < 1.29 is 28.6 Å². The number of thioether (sulfide) groups is 1. The lowest BCUT2D eigenvalue weighted by Gasteiger charge is -2.51. The second-order valence-electron chi connectivity index (χ2n) is 16.5. The summed E-state index contributed by atoms with van der Waals surface area (Å²) >= 11 is 9.07. The van der Waals surface area contributed by atoms with Crippen LogP contribution in [0.3, 0.4) is 0 Å². The first-order valence-electron chi connectivity index (χ1n) is 21.8. The Hall–Kier alpha value is -6.16. The largest absolute Gasteiger partial charge is 0.469 e. The third kappa shape index (κ3) is 9.29. The molecule has 3 aliphatic heterocycles. The highest BCUT2D eigenvalue weighted by Crippen LogP contribution is 2.45. The Kier molecular flexibility index (Phi) is 13.5. The topological polar surface area (TPSA) is 124 Å². The number of nitrogens with one attached hydrogen (secondary N) is 2. The van der Waals surface area contributed by atoms with E-state index < -0.39 is 34.8 Å². The van der Waals surface area contributed by atoms with Gasteiger partial charge in [0.15, 0.2) is 16.6 Å². The SMILES string of the molecule is CO/N=C(\C(=O)NC1C(=O)N2C(C(=S)OC(c3ccccc3)c3ccccc3)=C(CC3CCOC(C)(C)O3)CS[C@H]12)c1csc(NC(c2ccccc2)(c2ccccc2)c2ccccc2)n1. The zero-order valence-corrected chi connectivity index (χ0v) is 39.1. The number of carbonyl (C=O) groups is 2. The summed E-state index contributed by atoms with van der Waals surface area (Å²) < 4.78 is 19.0. The van der Waals surface area contributed by atoms with E-state index in [2.05, 4.69) is 52.2 Å². The van der Waals surface area contributed by atoms with Gasteiger partial charge in [0.05, 0.1) is 18.4 Å². The maximum Gasteiger partial charge on any atom is 0.276 e. The van der Waals surface area contributed by atoms with Crippen molar-refractivity contribution in [1.82, 2.24) is 15.2 Å². The third-order valence-electron chi connectivity index (χ3n) is 11.8. The highest BCUT2D eigenvalue weighted by Gasteiger charge is 2.54. The molecule has 5 aromatic carbocycles. The van der Waals surface area contributed by atoms with Crippen LogP contribution in [0, 0.1) is 0 Å². The van der Waals surface area contributed by atoms with Crippen molar-refractivity contribution in [2.75, 3.05) is 24.8 Å². The van der Waals surface area contributed by atoms with Gasteiger partial charge in [-0.05, 0) is 72.3 Å². The molecule has 0 saturated carbocycles. The molecule has 1 aromatic heterocycles. The molecule has 0 spiro atoms. The summed E-state index contributed by atoms with van der Waals surface area (Å²) in [4.78, 5) is 40.7. The zero-order chi connectivity index (χ0) is 45.7. The Morgan fingerprint density at radius 3 is 1.95 bits per heavy atom. The Morgan fingerprint density at radius 1 is 0.879 bits per heavy atom. The predicted octanol–water partition coefficient (Wildman–Crippen LogP) is 9.62. The number of β-lactam (4-membered cyclic amide) rings is 1. The molecule has 2 amide bonds. The quantitative estimate of drug-likeness (QED) is 0.0339. The molecule has 9 rings (SSSR count). The third-order valence-corrected chi connectivity index (χ3v) is 14.2. The Labute approximate surface area is 398 Å². The van der Waals surface area contributed by atoms with E-state index >= 15 is 0 Å². The molecule has 0 radical (unpaired) electrons. The number of nitrogens with zero attached hydrogens (tertiary/aromatic N) is 3. The number of hydrogen-bond donors (Lipinski definition) is 2. The molecule has 11 nitrogen and oxygen atoms in total. The summed E-state index contributed by atoms with van der Waals surface area (Å²) in [6.45, 7) is 4.36. The summed E-state index contributed by atoms with van der Waals surface area (Å²) in [7, 11) is 1.37. The molecule has 2 unspecified atom stereocenters.